The largest absolute Gasteiger partial charge is 0.390 e. The maximum Gasteiger partial charge on any atom is 0.0591 e. The molecule has 1 fully saturated rings. The molecule has 4 heteroatoms. The third-order valence-corrected chi connectivity index (χ3v) is 4.85. The summed E-state index contributed by atoms with van der Waals surface area (Å²) in [7, 11) is 0. The molecule has 3 nitrogen and oxygen atoms in total. The maximum atomic E-state index is 9.77. The second-order valence-corrected chi connectivity index (χ2v) is 7.95. The summed E-state index contributed by atoms with van der Waals surface area (Å²) >= 11 is 6.09. The summed E-state index contributed by atoms with van der Waals surface area (Å²) in [6.07, 6.45) is 5.40. The van der Waals surface area contributed by atoms with Gasteiger partial charge in [0, 0.05) is 35.9 Å². The molecule has 23 heavy (non-hydrogen) atoms. The van der Waals surface area contributed by atoms with E-state index >= 15 is 0 Å². The molecule has 0 aromatic heterocycles. The summed E-state index contributed by atoms with van der Waals surface area (Å²) < 4.78 is 0. The van der Waals surface area contributed by atoms with Gasteiger partial charge in [0.15, 0.2) is 0 Å². The number of nitrogens with one attached hydrogen (secondary N) is 1. The minimum absolute atomic E-state index is 0.514. The van der Waals surface area contributed by atoms with Crippen LogP contribution in [0.1, 0.15) is 52.9 Å². The molecule has 2 rings (SSSR count). The van der Waals surface area contributed by atoms with Crippen LogP contribution in [0, 0.1) is 0 Å². The van der Waals surface area contributed by atoms with Gasteiger partial charge in [0.25, 0.3) is 0 Å². The first-order chi connectivity index (χ1) is 10.8. The average Bonchev–Trinajstić information content (AvgIpc) is 2.46. The Morgan fingerprint density at radius 2 is 2.04 bits per heavy atom. The van der Waals surface area contributed by atoms with Crippen molar-refractivity contribution in [3.8, 4) is 0 Å². The molecule has 2 N–H and O–H groups in total. The zero-order chi connectivity index (χ0) is 16.9. The lowest BCUT2D eigenvalue weighted by Gasteiger charge is -2.35. The fourth-order valence-electron chi connectivity index (χ4n) is 3.30. The molecule has 1 aromatic carbocycles. The highest BCUT2D eigenvalue weighted by molar-refractivity contribution is 6.30. The first-order valence-corrected chi connectivity index (χ1v) is 9.20. The molecule has 1 atom stereocenters. The van der Waals surface area contributed by atoms with Crippen LogP contribution in [-0.2, 0) is 0 Å². The molecule has 1 saturated heterocycles. The zero-order valence-electron chi connectivity index (χ0n) is 14.7. The number of rotatable bonds is 7. The van der Waals surface area contributed by atoms with Crippen LogP contribution in [0.15, 0.2) is 24.3 Å². The molecular formula is C19H31ClN2O. The lowest BCUT2D eigenvalue weighted by molar-refractivity contribution is 0.0673. The van der Waals surface area contributed by atoms with Gasteiger partial charge in [0.2, 0.25) is 0 Å². The quantitative estimate of drug-likeness (QED) is 0.781. The number of halogens is 1. The van der Waals surface area contributed by atoms with Crippen LogP contribution >= 0.6 is 11.6 Å². The van der Waals surface area contributed by atoms with Gasteiger partial charge in [-0.05, 0) is 71.1 Å². The summed E-state index contributed by atoms with van der Waals surface area (Å²) in [5, 5.41) is 14.3. The van der Waals surface area contributed by atoms with E-state index in [-0.39, 0.29) is 0 Å². The maximum absolute atomic E-state index is 9.77. The van der Waals surface area contributed by atoms with Crippen molar-refractivity contribution < 1.29 is 5.11 Å². The van der Waals surface area contributed by atoms with Crippen LogP contribution in [0.2, 0.25) is 5.02 Å². The van der Waals surface area contributed by atoms with Crippen LogP contribution in [0.5, 0.6) is 0 Å². The van der Waals surface area contributed by atoms with Crippen LogP contribution in [0.3, 0.4) is 0 Å². The van der Waals surface area contributed by atoms with Crippen molar-refractivity contribution in [1.29, 1.82) is 0 Å². The zero-order valence-corrected chi connectivity index (χ0v) is 15.4. The smallest absolute Gasteiger partial charge is 0.0591 e. The molecule has 0 bridgehead atoms. The van der Waals surface area contributed by atoms with Crippen molar-refractivity contribution in [2.45, 2.75) is 70.6 Å². The molecule has 0 saturated carbocycles. The number of hydrogen-bond donors (Lipinski definition) is 2. The minimum Gasteiger partial charge on any atom is -0.390 e. The Morgan fingerprint density at radius 3 is 2.65 bits per heavy atom. The minimum atomic E-state index is -0.540. The Labute approximate surface area is 146 Å². The fraction of sp³-hybridized carbons (Fsp3) is 0.684. The van der Waals surface area contributed by atoms with E-state index in [1.54, 1.807) is 0 Å². The van der Waals surface area contributed by atoms with E-state index in [2.05, 4.69) is 29.3 Å². The molecule has 0 amide bonds. The van der Waals surface area contributed by atoms with Gasteiger partial charge in [-0.15, -0.1) is 0 Å². The molecular weight excluding hydrogens is 308 g/mol. The number of piperidine rings is 1. The molecule has 1 aliphatic heterocycles. The Bertz CT molecular complexity index is 479. The van der Waals surface area contributed by atoms with E-state index < -0.39 is 5.60 Å². The van der Waals surface area contributed by atoms with Crippen LogP contribution in [0.25, 0.3) is 0 Å². The second-order valence-electron chi connectivity index (χ2n) is 7.51. The molecule has 1 aromatic rings. The monoisotopic (exact) mass is 338 g/mol. The summed E-state index contributed by atoms with van der Waals surface area (Å²) in [6.45, 7) is 8.18. The lowest BCUT2D eigenvalue weighted by Crippen LogP contribution is -2.45. The standard InChI is InChI=1S/C19H31ClN2O/c1-15(6-5-11-19(2,3)23)21-17-9-12-22(13-10-17)18-8-4-7-16(20)14-18/h4,7-8,14-15,17,21,23H,5-6,9-13H2,1-3H3. The van der Waals surface area contributed by atoms with Gasteiger partial charge in [0.1, 0.15) is 0 Å². The van der Waals surface area contributed by atoms with Gasteiger partial charge in [-0.3, -0.25) is 0 Å². The van der Waals surface area contributed by atoms with Crippen LogP contribution in [-0.4, -0.2) is 35.9 Å². The lowest BCUT2D eigenvalue weighted by atomic mass is 9.98. The van der Waals surface area contributed by atoms with Crippen molar-refractivity contribution in [2.24, 2.45) is 0 Å². The summed E-state index contributed by atoms with van der Waals surface area (Å²) in [5.41, 5.74) is 0.691. The highest BCUT2D eigenvalue weighted by Gasteiger charge is 2.21. The van der Waals surface area contributed by atoms with Crippen LogP contribution < -0.4 is 10.2 Å². The van der Waals surface area contributed by atoms with Crippen LogP contribution in [0.4, 0.5) is 5.69 Å². The van der Waals surface area contributed by atoms with Gasteiger partial charge >= 0.3 is 0 Å². The molecule has 1 aliphatic rings. The Kier molecular flexibility index (Phi) is 6.75. The SMILES string of the molecule is CC(CCCC(C)(C)O)NC1CCN(c2cccc(Cl)c2)CC1. The molecule has 0 aliphatic carbocycles. The number of nitrogens with zero attached hydrogens (tertiary/aromatic N) is 1. The van der Waals surface area contributed by atoms with Gasteiger partial charge in [-0.25, -0.2) is 0 Å². The van der Waals surface area contributed by atoms with Gasteiger partial charge in [0.05, 0.1) is 5.60 Å². The Morgan fingerprint density at radius 1 is 1.35 bits per heavy atom. The number of anilines is 1. The number of benzene rings is 1. The molecule has 1 unspecified atom stereocenters. The molecule has 0 radical (unpaired) electrons. The predicted octanol–water partition coefficient (Wildman–Crippen LogP) is 4.23. The highest BCUT2D eigenvalue weighted by Crippen LogP contribution is 2.23. The first-order valence-electron chi connectivity index (χ1n) is 8.82. The first kappa shape index (κ1) is 18.6. The van der Waals surface area contributed by atoms with E-state index in [4.69, 9.17) is 11.6 Å². The second kappa shape index (κ2) is 8.36. The Hall–Kier alpha value is -0.770. The van der Waals surface area contributed by atoms with Gasteiger partial charge in [-0.2, -0.15) is 0 Å². The number of hydrogen-bond acceptors (Lipinski definition) is 3. The van der Waals surface area contributed by atoms with Crippen molar-refractivity contribution in [3.63, 3.8) is 0 Å². The summed E-state index contributed by atoms with van der Waals surface area (Å²) in [5.74, 6) is 0. The van der Waals surface area contributed by atoms with Crippen molar-refractivity contribution in [1.82, 2.24) is 5.32 Å². The van der Waals surface area contributed by atoms with E-state index in [0.717, 1.165) is 37.4 Å². The average molecular weight is 339 g/mol. The Balaban J connectivity index is 1.70. The van der Waals surface area contributed by atoms with E-state index in [1.807, 2.05) is 26.0 Å². The molecule has 0 spiro atoms. The summed E-state index contributed by atoms with van der Waals surface area (Å²) in [6, 6.07) is 9.25. The normalized spacial score (nSPS) is 18.2. The third-order valence-electron chi connectivity index (χ3n) is 4.61. The fourth-order valence-corrected chi connectivity index (χ4v) is 3.49. The molecule has 1 heterocycles. The van der Waals surface area contributed by atoms with Crippen molar-refractivity contribution in [3.05, 3.63) is 29.3 Å². The molecule has 130 valence electrons. The van der Waals surface area contributed by atoms with E-state index in [9.17, 15) is 5.11 Å². The number of aliphatic hydroxyl groups is 1. The topological polar surface area (TPSA) is 35.5 Å². The van der Waals surface area contributed by atoms with Crippen molar-refractivity contribution >= 4 is 17.3 Å². The van der Waals surface area contributed by atoms with E-state index in [0.29, 0.717) is 12.1 Å². The van der Waals surface area contributed by atoms with Gasteiger partial charge < -0.3 is 15.3 Å². The summed E-state index contributed by atoms with van der Waals surface area (Å²) in [4.78, 5) is 2.42. The third kappa shape index (κ3) is 6.70. The van der Waals surface area contributed by atoms with E-state index in [1.165, 1.54) is 18.5 Å². The highest BCUT2D eigenvalue weighted by atomic mass is 35.5. The van der Waals surface area contributed by atoms with Crippen molar-refractivity contribution in [2.75, 3.05) is 18.0 Å². The van der Waals surface area contributed by atoms with Gasteiger partial charge in [-0.1, -0.05) is 17.7 Å². The predicted molar refractivity (Wildman–Crippen MR) is 99.4 cm³/mol.